The van der Waals surface area contributed by atoms with Crippen LogP contribution >= 0.6 is 0 Å². The van der Waals surface area contributed by atoms with Gasteiger partial charge in [-0.1, -0.05) is 0 Å². The van der Waals surface area contributed by atoms with E-state index in [0.717, 1.165) is 0 Å². The fraction of sp³-hybridized carbons (Fsp3) is 1.00. The highest BCUT2D eigenvalue weighted by atomic mass is 32.3. The summed E-state index contributed by atoms with van der Waals surface area (Å²) in [7, 11) is -4.67. The second-order valence-electron chi connectivity index (χ2n) is 6.01. The van der Waals surface area contributed by atoms with Crippen LogP contribution in [0.2, 0.25) is 0 Å². The minimum absolute atomic E-state index is 0.00347. The van der Waals surface area contributed by atoms with Crippen molar-refractivity contribution in [1.29, 1.82) is 0 Å². The molecule has 0 aromatic heterocycles. The molecule has 0 aliphatic rings. The summed E-state index contributed by atoms with van der Waals surface area (Å²) in [6.45, 7) is -0.0208. The zero-order chi connectivity index (χ0) is 22.0. The summed E-state index contributed by atoms with van der Waals surface area (Å²) >= 11 is 0. The minimum atomic E-state index is -4.67. The Balaban J connectivity index is -0.000000344. The first-order valence-corrected chi connectivity index (χ1v) is 9.69. The van der Waals surface area contributed by atoms with Crippen LogP contribution in [0.25, 0.3) is 0 Å². The van der Waals surface area contributed by atoms with Crippen molar-refractivity contribution in [2.45, 2.75) is 49.6 Å². The van der Waals surface area contributed by atoms with E-state index in [-0.39, 0.29) is 39.6 Å². The van der Waals surface area contributed by atoms with Gasteiger partial charge in [0.05, 0.1) is 0 Å². The fourth-order valence-electron chi connectivity index (χ4n) is 2.09. The number of hydrogen-bond donors (Lipinski definition) is 10. The molecule has 0 bridgehead atoms. The SMILES string of the molecule is NC(CCO)(CCO)CCO.NC(CCO)(CCO)CCO.O=S(=O)(O)O. The molecule has 0 saturated carbocycles. The molecule has 0 fully saturated rings. The smallest absolute Gasteiger partial charge is 0.394 e. The predicted octanol–water partition coefficient (Wildman–Crippen LogP) is -2.99. The van der Waals surface area contributed by atoms with Crippen molar-refractivity contribution in [2.24, 2.45) is 11.5 Å². The van der Waals surface area contributed by atoms with Gasteiger partial charge in [0.15, 0.2) is 0 Å². The van der Waals surface area contributed by atoms with Crippen molar-refractivity contribution >= 4 is 10.4 Å². The van der Waals surface area contributed by atoms with Crippen LogP contribution in [0.5, 0.6) is 0 Å². The van der Waals surface area contributed by atoms with Gasteiger partial charge in [-0.2, -0.15) is 8.42 Å². The maximum atomic E-state index is 8.74. The summed E-state index contributed by atoms with van der Waals surface area (Å²) in [4.78, 5) is 0. The van der Waals surface area contributed by atoms with E-state index in [0.29, 0.717) is 38.5 Å². The monoisotopic (exact) mass is 424 g/mol. The Bertz CT molecular complexity index is 356. The van der Waals surface area contributed by atoms with E-state index in [4.69, 9.17) is 59.6 Å². The molecule has 0 radical (unpaired) electrons. The molecule has 0 amide bonds. The molecule has 0 aromatic carbocycles. The summed E-state index contributed by atoms with van der Waals surface area (Å²) in [6, 6.07) is 0. The molecule has 27 heavy (non-hydrogen) atoms. The van der Waals surface area contributed by atoms with Crippen LogP contribution in [0, 0.1) is 0 Å². The van der Waals surface area contributed by atoms with Crippen LogP contribution in [0.1, 0.15) is 38.5 Å². The number of aliphatic hydroxyl groups excluding tert-OH is 6. The largest absolute Gasteiger partial charge is 0.396 e. The number of aliphatic hydroxyl groups is 6. The van der Waals surface area contributed by atoms with Crippen molar-refractivity contribution in [3.8, 4) is 0 Å². The van der Waals surface area contributed by atoms with Crippen molar-refractivity contribution in [1.82, 2.24) is 0 Å². The van der Waals surface area contributed by atoms with Gasteiger partial charge in [-0.15, -0.1) is 0 Å². The van der Waals surface area contributed by atoms with Gasteiger partial charge in [-0.05, 0) is 38.5 Å². The van der Waals surface area contributed by atoms with E-state index in [1.807, 2.05) is 0 Å². The van der Waals surface area contributed by atoms with Crippen LogP contribution in [-0.4, -0.2) is 98.9 Å². The second-order valence-corrected chi connectivity index (χ2v) is 6.91. The van der Waals surface area contributed by atoms with Gasteiger partial charge in [0.1, 0.15) is 0 Å². The van der Waals surface area contributed by atoms with Gasteiger partial charge in [0, 0.05) is 50.7 Å². The average molecular weight is 425 g/mol. The van der Waals surface area contributed by atoms with Gasteiger partial charge in [0.2, 0.25) is 0 Å². The Morgan fingerprint density at radius 1 is 0.519 bits per heavy atom. The van der Waals surface area contributed by atoms with Gasteiger partial charge in [-0.3, -0.25) is 9.11 Å². The highest BCUT2D eigenvalue weighted by molar-refractivity contribution is 7.79. The first kappa shape index (κ1) is 31.3. The summed E-state index contributed by atoms with van der Waals surface area (Å²) < 4.78 is 31.6. The maximum absolute atomic E-state index is 8.74. The maximum Gasteiger partial charge on any atom is 0.394 e. The molecule has 0 aliphatic carbocycles. The molecule has 0 heterocycles. The van der Waals surface area contributed by atoms with Crippen LogP contribution in [-0.2, 0) is 10.4 Å². The molecule has 0 aromatic rings. The van der Waals surface area contributed by atoms with Gasteiger partial charge in [-0.25, -0.2) is 0 Å². The summed E-state index contributed by atoms with van der Waals surface area (Å²) in [5.41, 5.74) is 10.3. The molecule has 0 saturated heterocycles. The Morgan fingerprint density at radius 3 is 0.704 bits per heavy atom. The summed E-state index contributed by atoms with van der Waals surface area (Å²) in [5.74, 6) is 0. The third-order valence-corrected chi connectivity index (χ3v) is 3.66. The molecule has 0 aliphatic heterocycles. The van der Waals surface area contributed by atoms with E-state index in [1.165, 1.54) is 0 Å². The molecular formula is C14H36N2O10S. The second kappa shape index (κ2) is 17.6. The topological polar surface area (TPSA) is 248 Å². The van der Waals surface area contributed by atoms with Gasteiger partial charge in [0.25, 0.3) is 0 Å². The lowest BCUT2D eigenvalue weighted by Gasteiger charge is -2.27. The standard InChI is InChI=1S/2C7H17NO3.H2O4S/c2*8-7(1-4-9,2-5-10)3-6-11;1-5(2,3)4/h2*9-11H,1-6,8H2;(H2,1,2,3,4). The van der Waals surface area contributed by atoms with Crippen LogP contribution in [0.15, 0.2) is 0 Å². The van der Waals surface area contributed by atoms with Crippen LogP contribution in [0.3, 0.4) is 0 Å². The predicted molar refractivity (Wildman–Crippen MR) is 98.2 cm³/mol. The van der Waals surface area contributed by atoms with Crippen molar-refractivity contribution in [3.05, 3.63) is 0 Å². The van der Waals surface area contributed by atoms with E-state index in [9.17, 15) is 0 Å². The number of hydrogen-bond acceptors (Lipinski definition) is 10. The molecule has 0 spiro atoms. The van der Waals surface area contributed by atoms with E-state index < -0.39 is 21.5 Å². The fourth-order valence-corrected chi connectivity index (χ4v) is 2.09. The number of nitrogens with two attached hydrogens (primary N) is 2. The van der Waals surface area contributed by atoms with Crippen molar-refractivity contribution in [3.63, 3.8) is 0 Å². The van der Waals surface area contributed by atoms with Crippen LogP contribution < -0.4 is 11.5 Å². The Morgan fingerprint density at radius 2 is 0.630 bits per heavy atom. The Hall–Kier alpha value is -0.450. The molecule has 12 nitrogen and oxygen atoms in total. The number of rotatable bonds is 12. The first-order chi connectivity index (χ1) is 12.4. The lowest BCUT2D eigenvalue weighted by atomic mass is 9.90. The Kier molecular flexibility index (Phi) is 20.4. The molecule has 13 heteroatoms. The average Bonchev–Trinajstić information content (AvgIpc) is 2.47. The molecule has 0 rings (SSSR count). The summed E-state index contributed by atoms with van der Waals surface area (Å²) in [5, 5.41) is 51.7. The first-order valence-electron chi connectivity index (χ1n) is 8.29. The zero-order valence-corrected chi connectivity index (χ0v) is 16.3. The van der Waals surface area contributed by atoms with E-state index in [2.05, 4.69) is 0 Å². The summed E-state index contributed by atoms with van der Waals surface area (Å²) in [6.07, 6.45) is 2.55. The third-order valence-electron chi connectivity index (χ3n) is 3.66. The van der Waals surface area contributed by atoms with Crippen molar-refractivity contribution < 1.29 is 48.2 Å². The molecule has 0 atom stereocenters. The lowest BCUT2D eigenvalue weighted by Crippen LogP contribution is -2.42. The molecule has 0 unspecified atom stereocenters. The van der Waals surface area contributed by atoms with Gasteiger partial charge >= 0.3 is 10.4 Å². The molecule has 12 N–H and O–H groups in total. The van der Waals surface area contributed by atoms with Gasteiger partial charge < -0.3 is 42.1 Å². The quantitative estimate of drug-likeness (QED) is 0.141. The minimum Gasteiger partial charge on any atom is -0.396 e. The zero-order valence-electron chi connectivity index (χ0n) is 15.4. The lowest BCUT2D eigenvalue weighted by molar-refractivity contribution is 0.159. The highest BCUT2D eigenvalue weighted by Gasteiger charge is 2.23. The molecular weight excluding hydrogens is 388 g/mol. The molecule has 168 valence electrons. The third kappa shape index (κ3) is 25.5. The van der Waals surface area contributed by atoms with Crippen molar-refractivity contribution in [2.75, 3.05) is 39.6 Å². The van der Waals surface area contributed by atoms with E-state index in [1.54, 1.807) is 0 Å². The Labute approximate surface area is 160 Å². The van der Waals surface area contributed by atoms with E-state index >= 15 is 0 Å². The highest BCUT2D eigenvalue weighted by Crippen LogP contribution is 2.15. The normalized spacial score (nSPS) is 11.9. The van der Waals surface area contributed by atoms with Crippen LogP contribution in [0.4, 0.5) is 0 Å².